The maximum atomic E-state index is 13.7. The number of nitrogens with zero attached hydrogens (tertiary/aromatic N) is 2. The first-order valence-electron chi connectivity index (χ1n) is 9.28. The quantitative estimate of drug-likeness (QED) is 0.800. The molecule has 1 aromatic rings. The Morgan fingerprint density at radius 3 is 2.69 bits per heavy atom. The summed E-state index contributed by atoms with van der Waals surface area (Å²) in [6, 6.07) is 6.22. The second kappa shape index (κ2) is 8.49. The molecule has 6 nitrogen and oxygen atoms in total. The Balaban J connectivity index is 1.39. The lowest BCUT2D eigenvalue weighted by Crippen LogP contribution is -2.46. The fourth-order valence-electron chi connectivity index (χ4n) is 3.72. The molecule has 0 saturated carbocycles. The summed E-state index contributed by atoms with van der Waals surface area (Å²) in [6.45, 7) is 3.89. The predicted octanol–water partition coefficient (Wildman–Crippen LogP) is 1.22. The van der Waals surface area contributed by atoms with E-state index < -0.39 is 6.04 Å². The lowest BCUT2D eigenvalue weighted by molar-refractivity contribution is -0.132. The van der Waals surface area contributed by atoms with Gasteiger partial charge >= 0.3 is 6.03 Å². The average molecular weight is 362 g/mol. The highest BCUT2D eigenvalue weighted by atomic mass is 19.1. The van der Waals surface area contributed by atoms with Gasteiger partial charge < -0.3 is 20.4 Å². The second-order valence-electron chi connectivity index (χ2n) is 7.25. The van der Waals surface area contributed by atoms with Crippen molar-refractivity contribution < 1.29 is 14.0 Å². The summed E-state index contributed by atoms with van der Waals surface area (Å²) in [5.41, 5.74) is 0.771. The topological polar surface area (TPSA) is 64.7 Å². The third-order valence-corrected chi connectivity index (χ3v) is 5.34. The van der Waals surface area contributed by atoms with E-state index in [1.165, 1.54) is 6.07 Å². The van der Waals surface area contributed by atoms with Gasteiger partial charge in [-0.1, -0.05) is 18.2 Å². The number of benzene rings is 1. The molecule has 2 heterocycles. The van der Waals surface area contributed by atoms with Gasteiger partial charge in [-0.25, -0.2) is 9.18 Å². The van der Waals surface area contributed by atoms with E-state index in [-0.39, 0.29) is 17.8 Å². The molecule has 1 atom stereocenters. The molecule has 2 aliphatic rings. The Bertz CT molecular complexity index is 646. The van der Waals surface area contributed by atoms with Crippen molar-refractivity contribution in [3.05, 3.63) is 35.6 Å². The molecule has 142 valence electrons. The molecule has 0 unspecified atom stereocenters. The van der Waals surface area contributed by atoms with Gasteiger partial charge in [0.1, 0.15) is 11.9 Å². The van der Waals surface area contributed by atoms with Crippen molar-refractivity contribution in [1.29, 1.82) is 0 Å². The Hall–Kier alpha value is -2.15. The van der Waals surface area contributed by atoms with Gasteiger partial charge in [0.15, 0.2) is 0 Å². The molecule has 7 heteroatoms. The van der Waals surface area contributed by atoms with Gasteiger partial charge in [0.05, 0.1) is 0 Å². The zero-order chi connectivity index (χ0) is 18.5. The Morgan fingerprint density at radius 1 is 1.31 bits per heavy atom. The molecule has 2 aliphatic heterocycles. The molecule has 1 aromatic carbocycles. The minimum Gasteiger partial charge on any atom is -0.344 e. The van der Waals surface area contributed by atoms with E-state index in [4.69, 9.17) is 0 Å². The van der Waals surface area contributed by atoms with Gasteiger partial charge in [0.25, 0.3) is 0 Å². The molecular formula is C19H27FN4O2. The third-order valence-electron chi connectivity index (χ3n) is 5.34. The predicted molar refractivity (Wildman–Crippen MR) is 97.2 cm³/mol. The highest BCUT2D eigenvalue weighted by molar-refractivity contribution is 5.90. The first-order chi connectivity index (χ1) is 12.5. The summed E-state index contributed by atoms with van der Waals surface area (Å²) in [4.78, 5) is 27.6. The smallest absolute Gasteiger partial charge is 0.315 e. The highest BCUT2D eigenvalue weighted by Crippen LogP contribution is 2.19. The van der Waals surface area contributed by atoms with Crippen LogP contribution in [-0.2, 0) is 11.2 Å². The number of likely N-dealkylation sites (N-methyl/N-ethyl adjacent to an activating group) is 1. The van der Waals surface area contributed by atoms with Gasteiger partial charge in [0.2, 0.25) is 5.91 Å². The Morgan fingerprint density at radius 2 is 2.04 bits per heavy atom. The molecule has 2 fully saturated rings. The van der Waals surface area contributed by atoms with Crippen LogP contribution in [0, 0.1) is 11.7 Å². The fraction of sp³-hybridized carbons (Fsp3) is 0.579. The number of urea groups is 1. The number of nitrogens with one attached hydrogen (secondary N) is 2. The van der Waals surface area contributed by atoms with E-state index >= 15 is 0 Å². The molecule has 0 aliphatic carbocycles. The number of piperidine rings is 1. The van der Waals surface area contributed by atoms with Crippen LogP contribution in [0.4, 0.5) is 9.18 Å². The van der Waals surface area contributed by atoms with Crippen molar-refractivity contribution in [3.8, 4) is 0 Å². The van der Waals surface area contributed by atoms with Crippen LogP contribution in [0.25, 0.3) is 0 Å². The number of rotatable bonds is 6. The van der Waals surface area contributed by atoms with E-state index in [9.17, 15) is 14.0 Å². The molecule has 0 spiro atoms. The van der Waals surface area contributed by atoms with E-state index in [0.29, 0.717) is 19.0 Å². The van der Waals surface area contributed by atoms with Crippen molar-refractivity contribution in [1.82, 2.24) is 20.4 Å². The van der Waals surface area contributed by atoms with Gasteiger partial charge in [-0.15, -0.1) is 0 Å². The van der Waals surface area contributed by atoms with Gasteiger partial charge in [-0.05, 0) is 49.9 Å². The van der Waals surface area contributed by atoms with E-state index in [1.807, 2.05) is 12.1 Å². The number of hydrogen-bond donors (Lipinski definition) is 2. The van der Waals surface area contributed by atoms with Crippen LogP contribution in [0.3, 0.4) is 0 Å². The first-order valence-corrected chi connectivity index (χ1v) is 9.28. The molecular weight excluding hydrogens is 335 g/mol. The number of halogens is 1. The fourth-order valence-corrected chi connectivity index (χ4v) is 3.72. The standard InChI is InChI=1S/C19H27FN4O2/c1-23(18(25)17-12-21-19(26)22-17)13-14-6-9-24(10-7-14)11-8-15-4-2-3-5-16(15)20/h2-5,14,17H,6-13H2,1H3,(H2,21,22,26)/t17-/m1/s1. The maximum absolute atomic E-state index is 13.7. The second-order valence-corrected chi connectivity index (χ2v) is 7.25. The van der Waals surface area contributed by atoms with Crippen molar-refractivity contribution in [3.63, 3.8) is 0 Å². The molecule has 0 bridgehead atoms. The number of likely N-dealkylation sites (tertiary alicyclic amines) is 1. The van der Waals surface area contributed by atoms with Crippen molar-refractivity contribution in [2.45, 2.75) is 25.3 Å². The van der Waals surface area contributed by atoms with Crippen LogP contribution in [0.15, 0.2) is 24.3 Å². The summed E-state index contributed by atoms with van der Waals surface area (Å²) < 4.78 is 13.7. The van der Waals surface area contributed by atoms with E-state index in [1.54, 1.807) is 18.0 Å². The molecule has 2 N–H and O–H groups in total. The Labute approximate surface area is 153 Å². The average Bonchev–Trinajstić information content (AvgIpc) is 3.08. The molecule has 26 heavy (non-hydrogen) atoms. The summed E-state index contributed by atoms with van der Waals surface area (Å²) in [5, 5.41) is 5.25. The minimum atomic E-state index is -0.451. The minimum absolute atomic E-state index is 0.0367. The first kappa shape index (κ1) is 18.6. The molecule has 0 aromatic heterocycles. The number of amides is 3. The van der Waals surface area contributed by atoms with Gasteiger partial charge in [-0.3, -0.25) is 4.79 Å². The van der Waals surface area contributed by atoms with E-state index in [0.717, 1.165) is 44.5 Å². The number of hydrogen-bond acceptors (Lipinski definition) is 3. The summed E-state index contributed by atoms with van der Waals surface area (Å²) in [7, 11) is 1.80. The summed E-state index contributed by atoms with van der Waals surface area (Å²) in [6.07, 6.45) is 2.79. The largest absolute Gasteiger partial charge is 0.344 e. The summed E-state index contributed by atoms with van der Waals surface area (Å²) in [5.74, 6) is 0.306. The lowest BCUT2D eigenvalue weighted by atomic mass is 9.95. The Kier molecular flexibility index (Phi) is 6.08. The lowest BCUT2D eigenvalue weighted by Gasteiger charge is -2.34. The van der Waals surface area contributed by atoms with Crippen LogP contribution in [0.5, 0.6) is 0 Å². The van der Waals surface area contributed by atoms with Crippen molar-refractivity contribution >= 4 is 11.9 Å². The summed E-state index contributed by atoms with van der Waals surface area (Å²) >= 11 is 0. The van der Waals surface area contributed by atoms with Crippen LogP contribution in [0.2, 0.25) is 0 Å². The normalized spacial score (nSPS) is 21.3. The highest BCUT2D eigenvalue weighted by Gasteiger charge is 2.30. The van der Waals surface area contributed by atoms with Gasteiger partial charge in [0, 0.05) is 26.7 Å². The molecule has 3 amide bonds. The SMILES string of the molecule is CN(CC1CCN(CCc2ccccc2F)CC1)C(=O)[C@H]1CNC(=O)N1. The van der Waals surface area contributed by atoms with Crippen LogP contribution >= 0.6 is 0 Å². The zero-order valence-corrected chi connectivity index (χ0v) is 15.2. The van der Waals surface area contributed by atoms with Crippen molar-refractivity contribution in [2.75, 3.05) is 39.8 Å². The van der Waals surface area contributed by atoms with Crippen molar-refractivity contribution in [2.24, 2.45) is 5.92 Å². The maximum Gasteiger partial charge on any atom is 0.315 e. The van der Waals surface area contributed by atoms with Crippen LogP contribution in [0.1, 0.15) is 18.4 Å². The van der Waals surface area contributed by atoms with Crippen LogP contribution < -0.4 is 10.6 Å². The number of carbonyl (C=O) groups is 2. The third kappa shape index (κ3) is 4.72. The zero-order valence-electron chi connectivity index (χ0n) is 15.2. The molecule has 3 rings (SSSR count). The van der Waals surface area contributed by atoms with Crippen LogP contribution in [-0.4, -0.2) is 67.6 Å². The number of carbonyl (C=O) groups excluding carboxylic acids is 2. The molecule has 0 radical (unpaired) electrons. The van der Waals surface area contributed by atoms with E-state index in [2.05, 4.69) is 15.5 Å². The molecule has 2 saturated heterocycles. The van der Waals surface area contributed by atoms with Gasteiger partial charge in [-0.2, -0.15) is 0 Å². The monoisotopic (exact) mass is 362 g/mol.